The number of nitrogens with one attached hydrogen (secondary N) is 3. The van der Waals surface area contributed by atoms with Gasteiger partial charge in [0.15, 0.2) is 11.9 Å². The third kappa shape index (κ3) is 13.5. The fraction of sp³-hybridized carbons (Fsp3) is 0.567. The average molecular weight is 691 g/mol. The molecule has 0 spiro atoms. The quantitative estimate of drug-likeness (QED) is 0.0373. The topological polar surface area (TPSA) is 346 Å². The van der Waals surface area contributed by atoms with E-state index in [2.05, 4.69) is 25.9 Å². The first-order valence-electron chi connectivity index (χ1n) is 15.9. The number of phenolic OH excluding ortho intramolecular Hbond substituents is 1. The Bertz CT molecular complexity index is 1350. The summed E-state index contributed by atoms with van der Waals surface area (Å²) in [5.74, 6) is -3.74. The van der Waals surface area contributed by atoms with Crippen LogP contribution in [-0.2, 0) is 30.4 Å². The van der Waals surface area contributed by atoms with Crippen molar-refractivity contribution in [2.45, 2.75) is 88.2 Å². The highest BCUT2D eigenvalue weighted by molar-refractivity contribution is 5.96. The van der Waals surface area contributed by atoms with Gasteiger partial charge in [-0.15, -0.1) is 0 Å². The highest BCUT2D eigenvalue weighted by Crippen LogP contribution is 2.21. The number of hydrogen-bond donors (Lipinski definition) is 11. The molecule has 0 aliphatic carbocycles. The van der Waals surface area contributed by atoms with E-state index in [1.54, 1.807) is 12.1 Å². The van der Waals surface area contributed by atoms with E-state index in [-0.39, 0.29) is 69.4 Å². The number of aromatic hydroxyl groups is 1. The van der Waals surface area contributed by atoms with Crippen LogP contribution >= 0.6 is 0 Å². The van der Waals surface area contributed by atoms with Crippen LogP contribution < -0.4 is 50.4 Å². The second-order valence-electron chi connectivity index (χ2n) is 11.8. The lowest BCUT2D eigenvalue weighted by Gasteiger charge is -2.30. The van der Waals surface area contributed by atoms with Crippen LogP contribution in [0.5, 0.6) is 5.75 Å². The van der Waals surface area contributed by atoms with Crippen LogP contribution in [0.2, 0.25) is 0 Å². The lowest BCUT2D eigenvalue weighted by atomic mass is 10.0. The number of aliphatic hydroxyl groups is 1. The zero-order valence-corrected chi connectivity index (χ0v) is 27.6. The zero-order valence-electron chi connectivity index (χ0n) is 27.6. The van der Waals surface area contributed by atoms with Gasteiger partial charge in [-0.3, -0.25) is 34.0 Å². The molecule has 1 aromatic carbocycles. The minimum Gasteiger partial charge on any atom is -0.508 e. The summed E-state index contributed by atoms with van der Waals surface area (Å²) in [5.41, 5.74) is 33.6. The monoisotopic (exact) mass is 690 g/mol. The molecular formula is C30H50N12O7. The maximum Gasteiger partial charge on any atom is 0.245 e. The van der Waals surface area contributed by atoms with Crippen LogP contribution in [0, 0.1) is 0 Å². The van der Waals surface area contributed by atoms with Crippen molar-refractivity contribution in [3.05, 3.63) is 29.8 Å². The number of phenols is 1. The maximum atomic E-state index is 13.8. The van der Waals surface area contributed by atoms with Crippen molar-refractivity contribution in [2.24, 2.45) is 44.4 Å². The van der Waals surface area contributed by atoms with Crippen LogP contribution in [0.3, 0.4) is 0 Å². The summed E-state index contributed by atoms with van der Waals surface area (Å²) in [6.07, 6.45) is 0.312. The lowest BCUT2D eigenvalue weighted by molar-refractivity contribution is -0.142. The van der Waals surface area contributed by atoms with Gasteiger partial charge in [0.25, 0.3) is 0 Å². The molecule has 0 saturated carbocycles. The molecule has 49 heavy (non-hydrogen) atoms. The van der Waals surface area contributed by atoms with Gasteiger partial charge in [0.2, 0.25) is 29.5 Å². The zero-order chi connectivity index (χ0) is 36.7. The van der Waals surface area contributed by atoms with Crippen molar-refractivity contribution in [1.82, 2.24) is 20.9 Å². The number of likely N-dealkylation sites (tertiary alicyclic amines) is 1. The van der Waals surface area contributed by atoms with Crippen molar-refractivity contribution in [1.29, 1.82) is 0 Å². The summed E-state index contributed by atoms with van der Waals surface area (Å²) >= 11 is 0. The average Bonchev–Trinajstić information content (AvgIpc) is 3.53. The highest BCUT2D eigenvalue weighted by atomic mass is 16.3. The summed E-state index contributed by atoms with van der Waals surface area (Å²) in [6, 6.07) is 0.285. The first-order chi connectivity index (χ1) is 23.1. The SMILES string of the molecule is C[C@@H](O)[C@H](N)C(=O)N[C@@H](CCCN=C(N)N)C(=O)N1CCC[C@H]1C(=O)N[C@@H](CCCN=C(N)N)C(=O)N[C@@H](Cc1ccc(O)cc1)C(N)=O. The molecule has 1 heterocycles. The Morgan fingerprint density at radius 1 is 0.857 bits per heavy atom. The summed E-state index contributed by atoms with van der Waals surface area (Å²) in [4.78, 5) is 75.0. The molecule has 19 heteroatoms. The molecule has 0 bridgehead atoms. The van der Waals surface area contributed by atoms with Crippen molar-refractivity contribution < 1.29 is 34.2 Å². The minimum absolute atomic E-state index is 0.0226. The molecule has 6 atom stereocenters. The van der Waals surface area contributed by atoms with E-state index in [1.165, 1.54) is 24.0 Å². The summed E-state index contributed by atoms with van der Waals surface area (Å²) in [6.45, 7) is 1.85. The molecule has 1 fully saturated rings. The lowest BCUT2D eigenvalue weighted by Crippen LogP contribution is -2.59. The van der Waals surface area contributed by atoms with Crippen LogP contribution in [0.4, 0.5) is 0 Å². The van der Waals surface area contributed by atoms with Gasteiger partial charge in [0.1, 0.15) is 36.0 Å². The van der Waals surface area contributed by atoms with Gasteiger partial charge in [-0.2, -0.15) is 0 Å². The first kappa shape index (κ1) is 40.0. The number of primary amides is 1. The number of guanidine groups is 2. The second-order valence-corrected chi connectivity index (χ2v) is 11.8. The van der Waals surface area contributed by atoms with Gasteiger partial charge in [-0.25, -0.2) is 0 Å². The van der Waals surface area contributed by atoms with Crippen LogP contribution in [0.15, 0.2) is 34.3 Å². The standard InChI is InChI=1S/C30H50N12O7/c1-16(43)23(31)27(48)40-20(6-3-13-38-30(35)36)28(49)42-14-4-7-22(42)26(47)39-19(5-2-12-37-29(33)34)25(46)41-21(24(32)45)15-17-8-10-18(44)11-9-17/h8-11,16,19-23,43-44H,2-7,12-15,31H2,1H3,(H2,32,45)(H,39,47)(H,40,48)(H,41,46)(H4,33,34,37)(H4,35,36,38)/t16-,19+,20+,21+,22+,23+/m1/s1. The predicted molar refractivity (Wildman–Crippen MR) is 181 cm³/mol. The van der Waals surface area contributed by atoms with E-state index >= 15 is 0 Å². The molecule has 1 aliphatic heterocycles. The summed E-state index contributed by atoms with van der Waals surface area (Å²) < 4.78 is 0. The molecular weight excluding hydrogens is 640 g/mol. The van der Waals surface area contributed by atoms with Gasteiger partial charge in [-0.05, 0) is 63.1 Å². The Kier molecular flexibility index (Phi) is 16.0. The molecule has 1 aliphatic rings. The molecule has 19 nitrogen and oxygen atoms in total. The van der Waals surface area contributed by atoms with E-state index in [9.17, 15) is 34.2 Å². The molecule has 2 rings (SSSR count). The van der Waals surface area contributed by atoms with Crippen LogP contribution in [0.1, 0.15) is 51.0 Å². The summed E-state index contributed by atoms with van der Waals surface area (Å²) in [5, 5.41) is 27.2. The van der Waals surface area contributed by atoms with Crippen LogP contribution in [0.25, 0.3) is 0 Å². The largest absolute Gasteiger partial charge is 0.508 e. The Morgan fingerprint density at radius 3 is 1.94 bits per heavy atom. The Hall–Kier alpha value is -5.17. The van der Waals surface area contributed by atoms with Crippen LogP contribution in [-0.4, -0.2) is 113 Å². The van der Waals surface area contributed by atoms with E-state index in [4.69, 9.17) is 34.4 Å². The molecule has 1 aromatic rings. The third-order valence-electron chi connectivity index (χ3n) is 7.84. The molecule has 1 saturated heterocycles. The number of rotatable bonds is 19. The highest BCUT2D eigenvalue weighted by Gasteiger charge is 2.39. The Morgan fingerprint density at radius 2 is 1.41 bits per heavy atom. The van der Waals surface area contributed by atoms with Crippen molar-refractivity contribution in [2.75, 3.05) is 19.6 Å². The molecule has 17 N–H and O–H groups in total. The number of hydrogen-bond acceptors (Lipinski definition) is 10. The number of aliphatic imine (C=N–C) groups is 2. The third-order valence-corrected chi connectivity index (χ3v) is 7.84. The number of carbonyl (C=O) groups is 5. The van der Waals surface area contributed by atoms with E-state index in [0.29, 0.717) is 18.4 Å². The van der Waals surface area contributed by atoms with Crippen molar-refractivity contribution >= 4 is 41.5 Å². The van der Waals surface area contributed by atoms with Gasteiger partial charge >= 0.3 is 0 Å². The molecule has 5 amide bonds. The fourth-order valence-corrected chi connectivity index (χ4v) is 5.15. The molecule has 0 aromatic heterocycles. The fourth-order valence-electron chi connectivity index (χ4n) is 5.15. The summed E-state index contributed by atoms with van der Waals surface area (Å²) in [7, 11) is 0. The smallest absolute Gasteiger partial charge is 0.245 e. The predicted octanol–water partition coefficient (Wildman–Crippen LogP) is -4.32. The Balaban J connectivity index is 2.25. The van der Waals surface area contributed by atoms with Gasteiger partial charge in [0, 0.05) is 26.1 Å². The van der Waals surface area contributed by atoms with Gasteiger partial charge < -0.3 is 65.5 Å². The number of amides is 5. The number of nitrogens with zero attached hydrogens (tertiary/aromatic N) is 3. The number of nitrogens with two attached hydrogens (primary N) is 6. The normalized spacial score (nSPS) is 17.0. The van der Waals surface area contributed by atoms with Crippen molar-refractivity contribution in [3.63, 3.8) is 0 Å². The van der Waals surface area contributed by atoms with E-state index in [0.717, 1.165) is 0 Å². The maximum absolute atomic E-state index is 13.8. The molecule has 0 radical (unpaired) electrons. The number of carbonyl (C=O) groups excluding carboxylic acids is 5. The second kappa shape index (κ2) is 19.6. The minimum atomic E-state index is -1.30. The van der Waals surface area contributed by atoms with E-state index in [1.807, 2.05) is 0 Å². The van der Waals surface area contributed by atoms with Crippen molar-refractivity contribution in [3.8, 4) is 5.75 Å². The van der Waals surface area contributed by atoms with E-state index < -0.39 is 65.8 Å². The van der Waals surface area contributed by atoms with Gasteiger partial charge in [0.05, 0.1) is 6.10 Å². The first-order valence-corrected chi connectivity index (χ1v) is 15.9. The number of benzene rings is 1. The van der Waals surface area contributed by atoms with Gasteiger partial charge in [-0.1, -0.05) is 12.1 Å². The number of aliphatic hydroxyl groups excluding tert-OH is 1. The molecule has 272 valence electrons. The molecule has 0 unspecified atom stereocenters. The Labute approximate surface area is 284 Å².